The normalized spacial score (nSPS) is 10.6. The molecule has 0 aliphatic rings. The second-order valence-corrected chi connectivity index (χ2v) is 7.49. The third-order valence-electron chi connectivity index (χ3n) is 4.94. The van der Waals surface area contributed by atoms with E-state index in [2.05, 4.69) is 22.3 Å². The largest absolute Gasteiger partial charge is 0.468 e. The molecule has 5 nitrogen and oxygen atoms in total. The van der Waals surface area contributed by atoms with Crippen molar-refractivity contribution in [1.82, 2.24) is 10.6 Å². The van der Waals surface area contributed by atoms with Gasteiger partial charge in [0, 0.05) is 6.54 Å². The van der Waals surface area contributed by atoms with E-state index >= 15 is 0 Å². The topological polar surface area (TPSA) is 67.4 Å². The van der Waals surface area contributed by atoms with Crippen molar-refractivity contribution in [3.63, 3.8) is 0 Å². The Morgan fingerprint density at radius 1 is 0.630 bits per heavy atom. The van der Waals surface area contributed by atoms with Crippen LogP contribution in [0.15, 0.2) is 0 Å². The van der Waals surface area contributed by atoms with Crippen molar-refractivity contribution in [2.75, 3.05) is 20.2 Å². The van der Waals surface area contributed by atoms with Gasteiger partial charge in [0.1, 0.15) is 6.54 Å². The minimum Gasteiger partial charge on any atom is -0.468 e. The van der Waals surface area contributed by atoms with E-state index in [-0.39, 0.29) is 12.6 Å². The quantitative estimate of drug-likeness (QED) is 0.221. The zero-order valence-corrected chi connectivity index (χ0v) is 18.0. The van der Waals surface area contributed by atoms with Gasteiger partial charge in [-0.05, 0) is 6.42 Å². The van der Waals surface area contributed by atoms with E-state index < -0.39 is 5.97 Å². The summed E-state index contributed by atoms with van der Waals surface area (Å²) in [4.78, 5) is 22.3. The average Bonchev–Trinajstić information content (AvgIpc) is 2.68. The molecule has 160 valence electrons. The van der Waals surface area contributed by atoms with Crippen molar-refractivity contribution in [1.29, 1.82) is 0 Å². The van der Waals surface area contributed by atoms with Crippen molar-refractivity contribution in [3.8, 4) is 0 Å². The zero-order chi connectivity index (χ0) is 20.0. The highest BCUT2D eigenvalue weighted by Crippen LogP contribution is 2.13. The number of methoxy groups -OCH3 is 1. The number of urea groups is 1. The van der Waals surface area contributed by atoms with E-state index in [1.807, 2.05) is 0 Å². The van der Waals surface area contributed by atoms with Gasteiger partial charge in [-0.25, -0.2) is 4.79 Å². The van der Waals surface area contributed by atoms with Crippen LogP contribution in [0.3, 0.4) is 0 Å². The van der Waals surface area contributed by atoms with Gasteiger partial charge in [0.25, 0.3) is 0 Å². The maximum Gasteiger partial charge on any atom is 0.325 e. The molecule has 0 aromatic rings. The third-order valence-corrected chi connectivity index (χ3v) is 4.94. The summed E-state index contributed by atoms with van der Waals surface area (Å²) in [5, 5.41) is 5.22. The zero-order valence-electron chi connectivity index (χ0n) is 18.0. The SMILES string of the molecule is CCCCCCCCCCCCCCCCCCNC(=O)NCC(=O)OC. The highest BCUT2D eigenvalue weighted by molar-refractivity contribution is 5.80. The van der Waals surface area contributed by atoms with Gasteiger partial charge in [-0.1, -0.05) is 103 Å². The molecule has 5 heteroatoms. The lowest BCUT2D eigenvalue weighted by Crippen LogP contribution is -2.39. The van der Waals surface area contributed by atoms with Crippen LogP contribution in [0.25, 0.3) is 0 Å². The Labute approximate surface area is 167 Å². The summed E-state index contributed by atoms with van der Waals surface area (Å²) in [6.45, 7) is 2.85. The van der Waals surface area contributed by atoms with Gasteiger partial charge < -0.3 is 15.4 Å². The number of carbonyl (C=O) groups excluding carboxylic acids is 2. The number of esters is 1. The van der Waals surface area contributed by atoms with Crippen molar-refractivity contribution in [2.24, 2.45) is 0 Å². The Balaban J connectivity index is 3.12. The highest BCUT2D eigenvalue weighted by Gasteiger charge is 2.03. The molecule has 0 heterocycles. The van der Waals surface area contributed by atoms with Crippen LogP contribution in [0, 0.1) is 0 Å². The fraction of sp³-hybridized carbons (Fsp3) is 0.909. The van der Waals surface area contributed by atoms with Gasteiger partial charge in [0.2, 0.25) is 0 Å². The first kappa shape index (κ1) is 25.7. The number of amides is 2. The molecule has 0 fully saturated rings. The second kappa shape index (κ2) is 21.0. The summed E-state index contributed by atoms with van der Waals surface area (Å²) in [5.74, 6) is -0.437. The Hall–Kier alpha value is -1.26. The molecule has 0 aromatic carbocycles. The standard InChI is InChI=1S/C22H44N2O3/c1-3-4-5-6-7-8-9-10-11-12-13-14-15-16-17-18-19-23-22(26)24-20-21(25)27-2/h3-20H2,1-2H3,(H2,23,24,26). The van der Waals surface area contributed by atoms with Crippen LogP contribution in [-0.4, -0.2) is 32.2 Å². The van der Waals surface area contributed by atoms with E-state index in [0.717, 1.165) is 12.8 Å². The molecule has 0 bridgehead atoms. The van der Waals surface area contributed by atoms with Gasteiger partial charge in [0.15, 0.2) is 0 Å². The molecule has 0 saturated carbocycles. The van der Waals surface area contributed by atoms with Crippen molar-refractivity contribution < 1.29 is 14.3 Å². The molecule has 27 heavy (non-hydrogen) atoms. The minimum absolute atomic E-state index is 0.0821. The molecule has 0 spiro atoms. The molecule has 0 atom stereocenters. The molecule has 0 unspecified atom stereocenters. The van der Waals surface area contributed by atoms with E-state index in [9.17, 15) is 9.59 Å². The molecule has 0 rings (SSSR count). The van der Waals surface area contributed by atoms with Gasteiger partial charge >= 0.3 is 12.0 Å². The predicted molar refractivity (Wildman–Crippen MR) is 113 cm³/mol. The molecule has 2 amide bonds. The summed E-state index contributed by atoms with van der Waals surface area (Å²) in [5.41, 5.74) is 0. The van der Waals surface area contributed by atoms with Crippen LogP contribution in [0.2, 0.25) is 0 Å². The molecule has 0 radical (unpaired) electrons. The summed E-state index contributed by atoms with van der Waals surface area (Å²) in [7, 11) is 1.30. The summed E-state index contributed by atoms with van der Waals surface area (Å²) < 4.78 is 4.46. The summed E-state index contributed by atoms with van der Waals surface area (Å²) in [6.07, 6.45) is 21.5. The minimum atomic E-state index is -0.437. The maximum absolute atomic E-state index is 11.4. The van der Waals surface area contributed by atoms with E-state index in [1.54, 1.807) is 0 Å². The number of rotatable bonds is 19. The van der Waals surface area contributed by atoms with Crippen LogP contribution in [0.5, 0.6) is 0 Å². The first-order chi connectivity index (χ1) is 13.2. The number of nitrogens with one attached hydrogen (secondary N) is 2. The monoisotopic (exact) mass is 384 g/mol. The van der Waals surface area contributed by atoms with Crippen molar-refractivity contribution in [2.45, 2.75) is 110 Å². The number of ether oxygens (including phenoxy) is 1. The van der Waals surface area contributed by atoms with Crippen LogP contribution in [0.4, 0.5) is 4.79 Å². The van der Waals surface area contributed by atoms with E-state index in [1.165, 1.54) is 97.0 Å². The first-order valence-electron chi connectivity index (χ1n) is 11.3. The van der Waals surface area contributed by atoms with Crippen LogP contribution >= 0.6 is 0 Å². The second-order valence-electron chi connectivity index (χ2n) is 7.49. The molecular formula is C22H44N2O3. The fourth-order valence-corrected chi connectivity index (χ4v) is 3.16. The molecule has 0 aliphatic carbocycles. The smallest absolute Gasteiger partial charge is 0.325 e. The van der Waals surface area contributed by atoms with Crippen LogP contribution < -0.4 is 10.6 Å². The molecule has 0 saturated heterocycles. The van der Waals surface area contributed by atoms with Gasteiger partial charge in [0.05, 0.1) is 7.11 Å². The fourth-order valence-electron chi connectivity index (χ4n) is 3.16. The predicted octanol–water partition coefficient (Wildman–Crippen LogP) is 5.72. The third kappa shape index (κ3) is 20.9. The summed E-state index contributed by atoms with van der Waals surface area (Å²) >= 11 is 0. The highest BCUT2D eigenvalue weighted by atomic mass is 16.5. The Morgan fingerprint density at radius 3 is 1.44 bits per heavy atom. The van der Waals surface area contributed by atoms with Crippen molar-refractivity contribution >= 4 is 12.0 Å². The number of hydrogen-bond acceptors (Lipinski definition) is 3. The number of hydrogen-bond donors (Lipinski definition) is 2. The first-order valence-corrected chi connectivity index (χ1v) is 11.3. The van der Waals surface area contributed by atoms with E-state index in [4.69, 9.17) is 0 Å². The average molecular weight is 385 g/mol. The molecule has 0 aromatic heterocycles. The molecule has 0 aliphatic heterocycles. The molecule has 2 N–H and O–H groups in total. The van der Waals surface area contributed by atoms with E-state index in [0.29, 0.717) is 6.54 Å². The number of carbonyl (C=O) groups is 2. The lowest BCUT2D eigenvalue weighted by atomic mass is 10.0. The Bertz CT molecular complexity index is 348. The molecular weight excluding hydrogens is 340 g/mol. The lowest BCUT2D eigenvalue weighted by molar-refractivity contribution is -0.139. The van der Waals surface area contributed by atoms with Gasteiger partial charge in [-0.15, -0.1) is 0 Å². The van der Waals surface area contributed by atoms with Crippen LogP contribution in [0.1, 0.15) is 110 Å². The lowest BCUT2D eigenvalue weighted by Gasteiger charge is -2.06. The van der Waals surface area contributed by atoms with Gasteiger partial charge in [-0.2, -0.15) is 0 Å². The number of unbranched alkanes of at least 4 members (excludes halogenated alkanes) is 15. The maximum atomic E-state index is 11.4. The summed E-state index contributed by atoms with van der Waals surface area (Å²) in [6, 6.07) is -0.304. The van der Waals surface area contributed by atoms with Crippen LogP contribution in [-0.2, 0) is 9.53 Å². The Morgan fingerprint density at radius 2 is 1.04 bits per heavy atom. The van der Waals surface area contributed by atoms with Gasteiger partial charge in [-0.3, -0.25) is 4.79 Å². The van der Waals surface area contributed by atoms with Crippen molar-refractivity contribution in [3.05, 3.63) is 0 Å². The Kier molecular flexibility index (Phi) is 20.1.